The zero-order chi connectivity index (χ0) is 19.7. The highest BCUT2D eigenvalue weighted by Gasteiger charge is 2.31. The average Bonchev–Trinajstić information content (AvgIpc) is 3.02. The second-order valence-electron chi connectivity index (χ2n) is 7.75. The summed E-state index contributed by atoms with van der Waals surface area (Å²) < 4.78 is 11.0. The first kappa shape index (κ1) is 21.5. The third-order valence-corrected chi connectivity index (χ3v) is 5.93. The van der Waals surface area contributed by atoms with Crippen LogP contribution in [0.25, 0.3) is 0 Å². The fraction of sp³-hybridized carbons (Fsp3) is 0.375. The lowest BCUT2D eigenvalue weighted by Gasteiger charge is -2.30. The van der Waals surface area contributed by atoms with Crippen LogP contribution < -0.4 is 0 Å². The molecule has 4 unspecified atom stereocenters. The Morgan fingerprint density at radius 3 is 2.72 bits per heavy atom. The Morgan fingerprint density at radius 1 is 1.21 bits per heavy atom. The molecule has 1 saturated carbocycles. The van der Waals surface area contributed by atoms with Gasteiger partial charge in [0.1, 0.15) is 5.76 Å². The molecule has 4 rings (SSSR count). The lowest BCUT2D eigenvalue weighted by molar-refractivity contribution is -0.142. The van der Waals surface area contributed by atoms with Crippen LogP contribution in [0.4, 0.5) is 0 Å². The third-order valence-electron chi connectivity index (χ3n) is 5.93. The van der Waals surface area contributed by atoms with Crippen molar-refractivity contribution < 1.29 is 24.9 Å². The summed E-state index contributed by atoms with van der Waals surface area (Å²) in [6.45, 7) is 5.95. The van der Waals surface area contributed by atoms with E-state index in [9.17, 15) is 9.90 Å². The van der Waals surface area contributed by atoms with Gasteiger partial charge in [-0.1, -0.05) is 49.1 Å². The van der Waals surface area contributed by atoms with Gasteiger partial charge in [0.25, 0.3) is 0 Å². The largest absolute Gasteiger partial charge is 0.431 e. The Bertz CT molecular complexity index is 817. The van der Waals surface area contributed by atoms with Gasteiger partial charge in [0.2, 0.25) is 0 Å². The highest BCUT2D eigenvalue weighted by molar-refractivity contribution is 5.78. The van der Waals surface area contributed by atoms with E-state index in [2.05, 4.69) is 31.2 Å². The van der Waals surface area contributed by atoms with Crippen molar-refractivity contribution in [3.8, 4) is 0 Å². The molecule has 2 aliphatic carbocycles. The number of benzene rings is 1. The van der Waals surface area contributed by atoms with Crippen LogP contribution in [0.5, 0.6) is 0 Å². The molecule has 1 fully saturated rings. The van der Waals surface area contributed by atoms with E-state index in [4.69, 9.17) is 9.47 Å². The van der Waals surface area contributed by atoms with Crippen molar-refractivity contribution in [2.45, 2.75) is 44.5 Å². The van der Waals surface area contributed by atoms with Crippen molar-refractivity contribution in [1.29, 1.82) is 0 Å². The summed E-state index contributed by atoms with van der Waals surface area (Å²) in [5.74, 6) is 0.411. The van der Waals surface area contributed by atoms with Crippen LogP contribution >= 0.6 is 0 Å². The highest BCUT2D eigenvalue weighted by atomic mass is 16.6. The van der Waals surface area contributed by atoms with Gasteiger partial charge in [0, 0.05) is 17.9 Å². The molecule has 5 nitrogen and oxygen atoms in total. The number of fused-ring (bicyclic) bond motifs is 1. The van der Waals surface area contributed by atoms with Gasteiger partial charge in [-0.05, 0) is 49.7 Å². The Morgan fingerprint density at radius 2 is 2.03 bits per heavy atom. The Labute approximate surface area is 172 Å². The Kier molecular flexibility index (Phi) is 6.73. The number of ether oxygens (including phenoxy) is 2. The summed E-state index contributed by atoms with van der Waals surface area (Å²) in [6.07, 6.45) is 13.3. The smallest absolute Gasteiger partial charge is 0.318 e. The number of esters is 1. The molecule has 0 amide bonds. The lowest BCUT2D eigenvalue weighted by Crippen LogP contribution is -2.22. The van der Waals surface area contributed by atoms with Crippen LogP contribution in [-0.4, -0.2) is 16.6 Å². The summed E-state index contributed by atoms with van der Waals surface area (Å²) in [6, 6.07) is 6.29. The molecule has 0 saturated heterocycles. The first-order valence-corrected chi connectivity index (χ1v) is 9.92. The summed E-state index contributed by atoms with van der Waals surface area (Å²) >= 11 is 0. The number of allylic oxidation sites excluding steroid dienone is 4. The fourth-order valence-corrected chi connectivity index (χ4v) is 4.24. The zero-order valence-electron chi connectivity index (χ0n) is 16.5. The SMILES string of the molecule is C=C(OC(=O)C1[CH]C=CC=C1)C1[CH]CC(c2ccc3c(c2)C(O)O[C@@H]3C)CC1.[OH]. The van der Waals surface area contributed by atoms with E-state index < -0.39 is 6.29 Å². The first-order valence-electron chi connectivity index (χ1n) is 9.92. The number of aliphatic hydroxyl groups excluding tert-OH is 1. The molecule has 5 heteroatoms. The molecule has 1 heterocycles. The van der Waals surface area contributed by atoms with Crippen LogP contribution in [0.15, 0.2) is 54.8 Å². The molecule has 29 heavy (non-hydrogen) atoms. The standard InChI is InChI=1S/C24H26O4.HO/c1-15(27-23(25)19-6-4-3-5-7-19)17-8-10-18(11-9-17)20-12-13-21-16(2)28-24(26)22(21)14-20;/h3-8,12-14,16-19,24,26H,1,9-11H2,2H3;1H/t16-,17?,18?,24?;/m1./s1. The van der Waals surface area contributed by atoms with Gasteiger partial charge in [0.05, 0.1) is 12.0 Å². The topological polar surface area (TPSA) is 85.8 Å². The maximum Gasteiger partial charge on any atom is 0.318 e. The molecule has 1 aromatic carbocycles. The normalized spacial score (nSPS) is 30.3. The predicted octanol–water partition coefficient (Wildman–Crippen LogP) is 4.68. The minimum absolute atomic E-state index is 0. The molecule has 2 N–H and O–H groups in total. The molecule has 0 aromatic heterocycles. The van der Waals surface area contributed by atoms with Gasteiger partial charge in [0.15, 0.2) is 6.29 Å². The summed E-state index contributed by atoms with van der Waals surface area (Å²) in [5.41, 5.74) is 3.18. The maximum atomic E-state index is 12.3. The van der Waals surface area contributed by atoms with E-state index in [-0.39, 0.29) is 29.4 Å². The van der Waals surface area contributed by atoms with Crippen molar-refractivity contribution in [2.24, 2.45) is 11.8 Å². The van der Waals surface area contributed by atoms with Crippen molar-refractivity contribution >= 4 is 5.97 Å². The Hall–Kier alpha value is -2.21. The Balaban J connectivity index is 0.00000240. The van der Waals surface area contributed by atoms with Gasteiger partial charge in [-0.3, -0.25) is 10.3 Å². The average molecular weight is 395 g/mol. The van der Waals surface area contributed by atoms with E-state index in [0.29, 0.717) is 11.7 Å². The van der Waals surface area contributed by atoms with Gasteiger partial charge in [-0.15, -0.1) is 0 Å². The number of hydrogen-bond donors (Lipinski definition) is 2. The summed E-state index contributed by atoms with van der Waals surface area (Å²) in [4.78, 5) is 12.3. The minimum Gasteiger partial charge on any atom is -0.431 e. The molecular weight excluding hydrogens is 368 g/mol. The van der Waals surface area contributed by atoms with Gasteiger partial charge in [-0.2, -0.15) is 0 Å². The lowest BCUT2D eigenvalue weighted by atomic mass is 9.77. The van der Waals surface area contributed by atoms with Crippen LogP contribution in [0.1, 0.15) is 61.2 Å². The van der Waals surface area contributed by atoms with E-state index in [1.165, 1.54) is 5.56 Å². The first-order chi connectivity index (χ1) is 13.5. The molecule has 1 aromatic rings. The van der Waals surface area contributed by atoms with Crippen molar-refractivity contribution in [2.75, 3.05) is 0 Å². The van der Waals surface area contributed by atoms with Crippen LogP contribution in [-0.2, 0) is 14.3 Å². The molecule has 3 radical (unpaired) electrons. The zero-order valence-corrected chi connectivity index (χ0v) is 16.5. The second kappa shape index (κ2) is 9.08. The van der Waals surface area contributed by atoms with Crippen LogP contribution in [0, 0.1) is 24.7 Å². The number of carbonyl (C=O) groups excluding carboxylic acids is 1. The predicted molar refractivity (Wildman–Crippen MR) is 109 cm³/mol. The van der Waals surface area contributed by atoms with E-state index >= 15 is 0 Å². The summed E-state index contributed by atoms with van der Waals surface area (Å²) in [7, 11) is 0. The monoisotopic (exact) mass is 395 g/mol. The maximum absolute atomic E-state index is 12.3. The van der Waals surface area contributed by atoms with Crippen molar-refractivity contribution in [1.82, 2.24) is 0 Å². The molecule has 1 aliphatic heterocycles. The molecule has 0 bridgehead atoms. The van der Waals surface area contributed by atoms with Crippen LogP contribution in [0.2, 0.25) is 0 Å². The van der Waals surface area contributed by atoms with E-state index in [1.807, 2.05) is 37.6 Å². The van der Waals surface area contributed by atoms with Crippen molar-refractivity contribution in [3.05, 3.63) is 84.4 Å². The summed E-state index contributed by atoms with van der Waals surface area (Å²) in [5, 5.41) is 10.1. The minimum atomic E-state index is -0.829. The molecule has 153 valence electrons. The van der Waals surface area contributed by atoms with E-state index in [0.717, 1.165) is 30.4 Å². The third kappa shape index (κ3) is 4.53. The number of hydrogen-bond acceptors (Lipinski definition) is 4. The highest BCUT2D eigenvalue weighted by Crippen LogP contribution is 2.42. The van der Waals surface area contributed by atoms with Gasteiger partial charge in [-0.25, -0.2) is 0 Å². The van der Waals surface area contributed by atoms with Gasteiger partial charge < -0.3 is 14.6 Å². The quantitative estimate of drug-likeness (QED) is 0.572. The van der Waals surface area contributed by atoms with Crippen molar-refractivity contribution in [3.63, 3.8) is 0 Å². The number of rotatable bonds is 4. The number of carbonyl (C=O) groups is 1. The molecule has 3 aliphatic rings. The molecule has 0 spiro atoms. The second-order valence-corrected chi connectivity index (χ2v) is 7.75. The van der Waals surface area contributed by atoms with E-state index in [1.54, 1.807) is 0 Å². The van der Waals surface area contributed by atoms with Gasteiger partial charge >= 0.3 is 5.97 Å². The number of aliphatic hydroxyl groups is 1. The van der Waals surface area contributed by atoms with Crippen LogP contribution in [0.3, 0.4) is 0 Å². The molecule has 5 atom stereocenters. The fourth-order valence-electron chi connectivity index (χ4n) is 4.24. The molecular formula is C24H27O5.